The van der Waals surface area contributed by atoms with Gasteiger partial charge in [-0.25, -0.2) is 0 Å². The molecule has 0 saturated carbocycles. The molecule has 9 aromatic carbocycles. The lowest BCUT2D eigenvalue weighted by Gasteiger charge is -2.43. The second-order valence-electron chi connectivity index (χ2n) is 22.4. The van der Waals surface area contributed by atoms with Crippen LogP contribution in [-0.4, -0.2) is 36.1 Å². The molecule has 0 aliphatic carbocycles. The number of para-hydroxylation sites is 4. The van der Waals surface area contributed by atoms with E-state index in [2.05, 4.69) is 263 Å². The van der Waals surface area contributed by atoms with Gasteiger partial charge in [-0.3, -0.25) is 0 Å². The van der Waals surface area contributed by atoms with Gasteiger partial charge in [-0.2, -0.15) is 0 Å². The Morgan fingerprint density at radius 3 is 1.40 bits per heavy atom. The van der Waals surface area contributed by atoms with Crippen LogP contribution in [0, 0.1) is 5.92 Å². The van der Waals surface area contributed by atoms with Crippen LogP contribution in [0.5, 0.6) is 0 Å². The van der Waals surface area contributed by atoms with Crippen LogP contribution in [0.1, 0.15) is 72.4 Å². The number of hydrogen-bond acceptors (Lipinski definition) is 5. The van der Waals surface area contributed by atoms with E-state index in [1.54, 1.807) is 0 Å². The van der Waals surface area contributed by atoms with Gasteiger partial charge in [-0.1, -0.05) is 164 Å². The summed E-state index contributed by atoms with van der Waals surface area (Å²) in [4.78, 5) is 13.1. The third kappa shape index (κ3) is 7.15. The molecule has 0 saturated heterocycles. The largest absolute Gasteiger partial charge is 0.340 e. The third-order valence-electron chi connectivity index (χ3n) is 16.5. The zero-order valence-electron chi connectivity index (χ0n) is 44.0. The molecule has 4 aliphatic rings. The maximum atomic E-state index is 2.63. The highest BCUT2D eigenvalue weighted by atomic mass is 32.2. The summed E-state index contributed by atoms with van der Waals surface area (Å²) < 4.78 is 2.56. The highest BCUT2D eigenvalue weighted by Crippen LogP contribution is 2.48. The summed E-state index contributed by atoms with van der Waals surface area (Å²) in [6.07, 6.45) is 0. The summed E-state index contributed by atoms with van der Waals surface area (Å²) in [6.45, 7) is 18.9. The van der Waals surface area contributed by atoms with Crippen LogP contribution in [0.2, 0.25) is 0 Å². The average Bonchev–Trinajstić information content (AvgIpc) is 3.87. The molecule has 4 nitrogen and oxygen atoms in total. The quantitative estimate of drug-likeness (QED) is 0.133. The highest BCUT2D eigenvalue weighted by Gasteiger charge is 2.44. The molecule has 8 heteroatoms. The Balaban J connectivity index is 1.02. The molecule has 4 aliphatic heterocycles. The molecule has 75 heavy (non-hydrogen) atoms. The van der Waals surface area contributed by atoms with Crippen molar-refractivity contribution in [3.63, 3.8) is 0 Å². The van der Waals surface area contributed by atoms with E-state index >= 15 is 0 Å². The summed E-state index contributed by atoms with van der Waals surface area (Å²) in [6, 6.07) is 72.9. The minimum absolute atomic E-state index is 0.0739. The van der Waals surface area contributed by atoms with Crippen molar-refractivity contribution in [3.8, 4) is 5.69 Å². The fourth-order valence-corrected chi connectivity index (χ4v) is 16.2. The predicted molar refractivity (Wildman–Crippen MR) is 325 cm³/mol. The molecular weight excluding hydrogens is 947 g/mol. The first-order valence-electron chi connectivity index (χ1n) is 27.1. The van der Waals surface area contributed by atoms with Crippen molar-refractivity contribution in [2.75, 3.05) is 14.7 Å². The predicted octanol–water partition coefficient (Wildman–Crippen LogP) is 13.8. The second kappa shape index (κ2) is 17.8. The van der Waals surface area contributed by atoms with Gasteiger partial charge in [-0.05, 0) is 153 Å². The van der Waals surface area contributed by atoms with Gasteiger partial charge in [0.25, 0.3) is 0 Å². The lowest BCUT2D eigenvalue weighted by molar-refractivity contribution is 0.563. The van der Waals surface area contributed by atoms with Crippen molar-refractivity contribution in [1.82, 2.24) is 4.57 Å². The number of rotatable bonds is 9. The van der Waals surface area contributed by atoms with Gasteiger partial charge >= 0.3 is 0 Å². The van der Waals surface area contributed by atoms with E-state index in [1.807, 2.05) is 23.5 Å². The minimum atomic E-state index is 0.0739. The van der Waals surface area contributed by atoms with Gasteiger partial charge in [0.15, 0.2) is 0 Å². The van der Waals surface area contributed by atoms with Crippen LogP contribution in [0.3, 0.4) is 0 Å². The van der Waals surface area contributed by atoms with Gasteiger partial charge in [-0.15, -0.1) is 0 Å². The maximum Gasteiger partial charge on any atom is 0.249 e. The maximum absolute atomic E-state index is 2.63. The number of fused-ring (bicyclic) bond motifs is 11. The Morgan fingerprint density at radius 2 is 0.880 bits per heavy atom. The minimum Gasteiger partial charge on any atom is -0.340 e. The van der Waals surface area contributed by atoms with Crippen LogP contribution in [0.4, 0.5) is 34.1 Å². The number of benzene rings is 9. The number of nitrogens with zero attached hydrogens (tertiary/aromatic N) is 4. The molecule has 0 radical (unpaired) electrons. The molecule has 0 N–H and O–H groups in total. The first-order valence-corrected chi connectivity index (χ1v) is 28.8. The van der Waals surface area contributed by atoms with Crippen molar-refractivity contribution in [2.24, 2.45) is 5.92 Å². The zero-order chi connectivity index (χ0) is 51.0. The van der Waals surface area contributed by atoms with Crippen molar-refractivity contribution in [1.29, 1.82) is 0 Å². The van der Waals surface area contributed by atoms with Gasteiger partial charge in [0.05, 0.1) is 11.0 Å². The molecule has 0 amide bonds. The van der Waals surface area contributed by atoms with Crippen LogP contribution in [-0.2, 0) is 0 Å². The fourth-order valence-electron chi connectivity index (χ4n) is 13.7. The van der Waals surface area contributed by atoms with Crippen molar-refractivity contribution in [3.05, 3.63) is 199 Å². The Morgan fingerprint density at radius 1 is 0.400 bits per heavy atom. The highest BCUT2D eigenvalue weighted by molar-refractivity contribution is 8.00. The van der Waals surface area contributed by atoms with Gasteiger partial charge < -0.3 is 19.3 Å². The molecule has 14 rings (SSSR count). The smallest absolute Gasteiger partial charge is 0.249 e. The molecule has 0 bridgehead atoms. The molecule has 1 unspecified atom stereocenters. The van der Waals surface area contributed by atoms with E-state index in [4.69, 9.17) is 0 Å². The lowest BCUT2D eigenvalue weighted by Crippen LogP contribution is -2.61. The van der Waals surface area contributed by atoms with E-state index < -0.39 is 0 Å². The zero-order valence-corrected chi connectivity index (χ0v) is 45.7. The number of hydrogen-bond donors (Lipinski definition) is 0. The molecule has 5 heterocycles. The summed E-state index contributed by atoms with van der Waals surface area (Å²) in [7, 11) is 0. The van der Waals surface area contributed by atoms with E-state index in [0.29, 0.717) is 5.92 Å². The topological polar surface area (TPSA) is 14.7 Å². The lowest BCUT2D eigenvalue weighted by atomic mass is 9.34. The summed E-state index contributed by atoms with van der Waals surface area (Å²) >= 11 is 3.94. The molecule has 10 aromatic rings. The van der Waals surface area contributed by atoms with Crippen molar-refractivity contribution in [2.45, 2.75) is 99.0 Å². The fraction of sp³-hybridized carbons (Fsp3) is 0.194. The van der Waals surface area contributed by atoms with Crippen LogP contribution < -0.4 is 47.5 Å². The second-order valence-corrected chi connectivity index (χ2v) is 24.5. The summed E-state index contributed by atoms with van der Waals surface area (Å²) in [5.41, 5.74) is 22.6. The SMILES string of the molecule is CC(C)C(c1ccccc1)c1cc2c3c(c1)N(C(C)C)c1ccccc1B3c1cc3c4cc5c(cc4n(-c4ccccc4)c3cc1S2)Sc1cc(N(c2ccccc2)C(C)C)cc2c1B5c1ccccc1N2C(C)C. The van der Waals surface area contributed by atoms with Crippen LogP contribution in [0.25, 0.3) is 27.5 Å². The first kappa shape index (κ1) is 46.5. The number of anilines is 6. The summed E-state index contributed by atoms with van der Waals surface area (Å²) in [5.74, 6) is 0.687. The van der Waals surface area contributed by atoms with Crippen LogP contribution >= 0.6 is 23.5 Å². The Labute approximate surface area is 452 Å². The Hall–Kier alpha value is -6.99. The molecule has 0 fully saturated rings. The average molecular weight is 1010 g/mol. The standard InChI is InChI=1S/C67H60B2N4S2/c1-40(2)65(44-22-12-9-13-23-44)45-32-59-66-63(33-45)74-61-38-57-49(36-53(61)68(66)51-28-18-20-30-55(51)71(59)42(5)6)50-37-54-62(39-58(50)73(57)47-26-16-11-17-27-47)75-64-35-48(70(41(3)4)46-24-14-10-15-25-46)34-60-67(64)69(54)52-29-19-21-31-56(52)72(60)43(7)8/h9-43,65H,1-8H3. The molecule has 1 atom stereocenters. The van der Waals surface area contributed by atoms with Gasteiger partial charge in [0, 0.05) is 94.2 Å². The van der Waals surface area contributed by atoms with Gasteiger partial charge in [0.1, 0.15) is 0 Å². The Kier molecular flexibility index (Phi) is 11.1. The molecular formula is C67H60B2N4S2. The molecule has 1 aromatic heterocycles. The Bertz CT molecular complexity index is 3670. The van der Waals surface area contributed by atoms with E-state index in [1.165, 1.54) is 125 Å². The first-order chi connectivity index (χ1) is 36.5. The number of aromatic nitrogens is 1. The van der Waals surface area contributed by atoms with Crippen molar-refractivity contribution < 1.29 is 0 Å². The van der Waals surface area contributed by atoms with E-state index in [0.717, 1.165) is 0 Å². The van der Waals surface area contributed by atoms with Gasteiger partial charge in [0.2, 0.25) is 13.4 Å². The summed E-state index contributed by atoms with van der Waals surface area (Å²) in [5, 5.41) is 2.61. The van der Waals surface area contributed by atoms with E-state index in [9.17, 15) is 0 Å². The third-order valence-corrected chi connectivity index (χ3v) is 18.8. The molecule has 0 spiro atoms. The van der Waals surface area contributed by atoms with Crippen LogP contribution in [0.15, 0.2) is 208 Å². The normalized spacial score (nSPS) is 14.3. The monoisotopic (exact) mass is 1010 g/mol. The van der Waals surface area contributed by atoms with Crippen molar-refractivity contribution >= 4 is 126 Å². The molecule has 366 valence electrons. The van der Waals surface area contributed by atoms with E-state index in [-0.39, 0.29) is 37.5 Å².